The fourth-order valence-electron chi connectivity index (χ4n) is 1.77. The van der Waals surface area contributed by atoms with Gasteiger partial charge in [0.25, 0.3) is 0 Å². The lowest BCUT2D eigenvalue weighted by molar-refractivity contribution is -0.136. The minimum absolute atomic E-state index is 0.217. The summed E-state index contributed by atoms with van der Waals surface area (Å²) in [5, 5.41) is 8.47. The van der Waals surface area contributed by atoms with Gasteiger partial charge in [0.1, 0.15) is 0 Å². The highest BCUT2D eigenvalue weighted by molar-refractivity contribution is 5.66. The van der Waals surface area contributed by atoms with Gasteiger partial charge in [0.2, 0.25) is 0 Å². The molecule has 0 aliphatic heterocycles. The minimum Gasteiger partial charge on any atom is -0.481 e. The number of carboxylic acid groups (broad SMARTS) is 1. The summed E-state index contributed by atoms with van der Waals surface area (Å²) in [5.74, 6) is -0.736. The first-order chi connectivity index (χ1) is 10.3. The summed E-state index contributed by atoms with van der Waals surface area (Å²) in [6.07, 6.45) is 25.9. The van der Waals surface area contributed by atoms with Crippen LogP contribution in [0, 0.1) is 0 Å². The second kappa shape index (κ2) is 16.5. The van der Waals surface area contributed by atoms with E-state index < -0.39 is 5.97 Å². The van der Waals surface area contributed by atoms with Crippen molar-refractivity contribution < 1.29 is 9.90 Å². The first-order valence-corrected chi connectivity index (χ1v) is 8.09. The van der Waals surface area contributed by atoms with Gasteiger partial charge in [0.15, 0.2) is 0 Å². The van der Waals surface area contributed by atoms with Crippen molar-refractivity contribution in [2.75, 3.05) is 0 Å². The van der Waals surface area contributed by atoms with E-state index in [0.29, 0.717) is 6.42 Å². The highest BCUT2D eigenvalue weighted by Crippen LogP contribution is 2.01. The van der Waals surface area contributed by atoms with Crippen molar-refractivity contribution in [1.29, 1.82) is 0 Å². The number of hydrogen-bond acceptors (Lipinski definition) is 1. The summed E-state index contributed by atoms with van der Waals surface area (Å²) in [6.45, 7) is 2.23. The fourth-order valence-corrected chi connectivity index (χ4v) is 1.77. The molecule has 0 saturated carbocycles. The summed E-state index contributed by atoms with van der Waals surface area (Å²) in [7, 11) is 0. The van der Waals surface area contributed by atoms with Gasteiger partial charge in [0, 0.05) is 6.42 Å². The standard InChI is InChI=1S/C19H30O2/c1-2-3-4-5-6-7-8-9-10-11-12-13-14-15-16-17-18-19(20)21/h6-7,9-10,12-13,15-16H,2-5,8,11,14,17-18H2,1H3,(H,20,21)/b7-6-,10-9-,13-12-,16-15-. The Labute approximate surface area is 130 Å². The second-order valence-electron chi connectivity index (χ2n) is 5.02. The quantitative estimate of drug-likeness (QED) is 0.342. The van der Waals surface area contributed by atoms with Gasteiger partial charge >= 0.3 is 5.97 Å². The van der Waals surface area contributed by atoms with E-state index in [-0.39, 0.29) is 6.42 Å². The molecule has 0 aliphatic rings. The molecular weight excluding hydrogens is 260 g/mol. The van der Waals surface area contributed by atoms with E-state index in [9.17, 15) is 4.79 Å². The predicted octanol–water partition coefficient (Wildman–Crippen LogP) is 5.83. The maximum atomic E-state index is 10.3. The van der Waals surface area contributed by atoms with Crippen molar-refractivity contribution in [3.8, 4) is 0 Å². The van der Waals surface area contributed by atoms with Crippen LogP contribution in [0.15, 0.2) is 48.6 Å². The van der Waals surface area contributed by atoms with Crippen molar-refractivity contribution in [2.45, 2.75) is 64.7 Å². The molecule has 2 nitrogen and oxygen atoms in total. The van der Waals surface area contributed by atoms with E-state index in [0.717, 1.165) is 19.3 Å². The third-order valence-corrected chi connectivity index (χ3v) is 2.98. The number of aliphatic carboxylic acids is 1. The highest BCUT2D eigenvalue weighted by Gasteiger charge is 1.90. The normalized spacial score (nSPS) is 12.4. The molecule has 0 heterocycles. The average Bonchev–Trinajstić information content (AvgIpc) is 2.46. The van der Waals surface area contributed by atoms with Gasteiger partial charge in [-0.2, -0.15) is 0 Å². The molecule has 0 amide bonds. The van der Waals surface area contributed by atoms with Crippen LogP contribution in [0.4, 0.5) is 0 Å². The van der Waals surface area contributed by atoms with Crippen LogP contribution in [0.2, 0.25) is 0 Å². The van der Waals surface area contributed by atoms with Gasteiger partial charge < -0.3 is 5.11 Å². The predicted molar refractivity (Wildman–Crippen MR) is 91.4 cm³/mol. The van der Waals surface area contributed by atoms with Crippen molar-refractivity contribution in [2.24, 2.45) is 0 Å². The largest absolute Gasteiger partial charge is 0.481 e. The van der Waals surface area contributed by atoms with Gasteiger partial charge in [0.05, 0.1) is 0 Å². The second-order valence-corrected chi connectivity index (χ2v) is 5.02. The molecule has 0 aromatic heterocycles. The minimum atomic E-state index is -0.736. The topological polar surface area (TPSA) is 37.3 Å². The van der Waals surface area contributed by atoms with E-state index >= 15 is 0 Å². The first kappa shape index (κ1) is 19.4. The van der Waals surface area contributed by atoms with Crippen LogP contribution in [0.3, 0.4) is 0 Å². The molecule has 118 valence electrons. The Morgan fingerprint density at radius 1 is 0.762 bits per heavy atom. The molecule has 1 N–H and O–H groups in total. The van der Waals surface area contributed by atoms with Crippen LogP contribution in [0.25, 0.3) is 0 Å². The van der Waals surface area contributed by atoms with E-state index in [4.69, 9.17) is 5.11 Å². The van der Waals surface area contributed by atoms with Gasteiger partial charge in [-0.25, -0.2) is 0 Å². The van der Waals surface area contributed by atoms with E-state index in [1.54, 1.807) is 0 Å². The van der Waals surface area contributed by atoms with Crippen molar-refractivity contribution in [3.05, 3.63) is 48.6 Å². The molecular formula is C19H30O2. The van der Waals surface area contributed by atoms with Crippen LogP contribution >= 0.6 is 0 Å². The number of hydrogen-bond donors (Lipinski definition) is 1. The molecule has 0 spiro atoms. The zero-order chi connectivity index (χ0) is 15.6. The zero-order valence-electron chi connectivity index (χ0n) is 13.3. The maximum absolute atomic E-state index is 10.3. The molecule has 0 fully saturated rings. The zero-order valence-corrected chi connectivity index (χ0v) is 13.3. The fraction of sp³-hybridized carbons (Fsp3) is 0.526. The molecule has 0 rings (SSSR count). The number of allylic oxidation sites excluding steroid dienone is 8. The number of carboxylic acids is 1. The molecule has 0 atom stereocenters. The molecule has 0 aromatic carbocycles. The van der Waals surface area contributed by atoms with E-state index in [2.05, 4.69) is 43.4 Å². The van der Waals surface area contributed by atoms with E-state index in [1.807, 2.05) is 12.2 Å². The SMILES string of the molecule is CCCCC/C=C\C/C=C\C/C=C\C/C=C\CCC(=O)O. The first-order valence-electron chi connectivity index (χ1n) is 8.09. The maximum Gasteiger partial charge on any atom is 0.303 e. The Hall–Kier alpha value is -1.57. The molecule has 0 radical (unpaired) electrons. The Morgan fingerprint density at radius 3 is 1.71 bits per heavy atom. The van der Waals surface area contributed by atoms with Crippen LogP contribution in [0.1, 0.15) is 64.7 Å². The Bertz CT molecular complexity index is 349. The van der Waals surface area contributed by atoms with Crippen molar-refractivity contribution in [1.82, 2.24) is 0 Å². The van der Waals surface area contributed by atoms with Crippen LogP contribution in [-0.2, 0) is 4.79 Å². The van der Waals surface area contributed by atoms with Crippen molar-refractivity contribution in [3.63, 3.8) is 0 Å². The Balaban J connectivity index is 3.41. The summed E-state index contributed by atoms with van der Waals surface area (Å²) >= 11 is 0. The molecule has 0 saturated heterocycles. The third kappa shape index (κ3) is 18.4. The lowest BCUT2D eigenvalue weighted by Gasteiger charge is -1.90. The van der Waals surface area contributed by atoms with Crippen LogP contribution in [0.5, 0.6) is 0 Å². The summed E-state index contributed by atoms with van der Waals surface area (Å²) < 4.78 is 0. The molecule has 0 bridgehead atoms. The molecule has 21 heavy (non-hydrogen) atoms. The Kier molecular flexibility index (Phi) is 15.3. The van der Waals surface area contributed by atoms with E-state index in [1.165, 1.54) is 25.7 Å². The lowest BCUT2D eigenvalue weighted by atomic mass is 10.2. The van der Waals surface area contributed by atoms with Crippen molar-refractivity contribution >= 4 is 5.97 Å². The lowest BCUT2D eigenvalue weighted by Crippen LogP contribution is -1.91. The van der Waals surface area contributed by atoms with Crippen LogP contribution in [-0.4, -0.2) is 11.1 Å². The highest BCUT2D eigenvalue weighted by atomic mass is 16.4. The van der Waals surface area contributed by atoms with Gasteiger partial charge in [-0.05, 0) is 38.5 Å². The molecule has 0 aliphatic carbocycles. The molecule has 2 heteroatoms. The van der Waals surface area contributed by atoms with Gasteiger partial charge in [-0.3, -0.25) is 4.79 Å². The average molecular weight is 290 g/mol. The summed E-state index contributed by atoms with van der Waals surface area (Å²) in [5.41, 5.74) is 0. The number of rotatable bonds is 13. The number of unbranched alkanes of at least 4 members (excludes halogenated alkanes) is 3. The van der Waals surface area contributed by atoms with Crippen LogP contribution < -0.4 is 0 Å². The third-order valence-electron chi connectivity index (χ3n) is 2.98. The number of carbonyl (C=O) groups is 1. The monoisotopic (exact) mass is 290 g/mol. The smallest absolute Gasteiger partial charge is 0.303 e. The van der Waals surface area contributed by atoms with Gasteiger partial charge in [-0.1, -0.05) is 68.4 Å². The van der Waals surface area contributed by atoms with Gasteiger partial charge in [-0.15, -0.1) is 0 Å². The summed E-state index contributed by atoms with van der Waals surface area (Å²) in [4.78, 5) is 10.3. The molecule has 0 unspecified atom stereocenters. The molecule has 0 aromatic rings. The summed E-state index contributed by atoms with van der Waals surface area (Å²) in [6, 6.07) is 0. The Morgan fingerprint density at radius 2 is 1.24 bits per heavy atom.